The van der Waals surface area contributed by atoms with E-state index in [0.717, 1.165) is 18.2 Å². The van der Waals surface area contributed by atoms with E-state index in [1.807, 2.05) is 0 Å². The van der Waals surface area contributed by atoms with Crippen molar-refractivity contribution in [3.8, 4) is 5.75 Å². The first-order valence-electron chi connectivity index (χ1n) is 5.55. The van der Waals surface area contributed by atoms with Crippen LogP contribution < -0.4 is 4.74 Å². The lowest BCUT2D eigenvalue weighted by molar-refractivity contribution is -0.274. The van der Waals surface area contributed by atoms with Crippen LogP contribution in [0.25, 0.3) is 0 Å². The smallest absolute Gasteiger partial charge is 0.479 e. The number of aliphatic carboxylic acids is 1. The van der Waals surface area contributed by atoms with Crippen molar-refractivity contribution in [1.82, 2.24) is 0 Å². The maximum absolute atomic E-state index is 12.3. The molecule has 0 bridgehead atoms. The van der Waals surface area contributed by atoms with Gasteiger partial charge in [0, 0.05) is 12.3 Å². The van der Waals surface area contributed by atoms with Crippen LogP contribution in [0.2, 0.25) is 0 Å². The molecule has 21 heavy (non-hydrogen) atoms. The molecule has 1 aromatic rings. The zero-order valence-electron chi connectivity index (χ0n) is 10.4. The molecule has 9 heteroatoms. The van der Waals surface area contributed by atoms with Gasteiger partial charge < -0.3 is 14.9 Å². The SMILES string of the molecule is O=C(CCCl)c1cc(C(O)C(=O)O)ccc1OC(F)(F)F. The van der Waals surface area contributed by atoms with Gasteiger partial charge in [0.1, 0.15) is 5.75 Å². The maximum atomic E-state index is 12.3. The van der Waals surface area contributed by atoms with E-state index in [2.05, 4.69) is 4.74 Å². The van der Waals surface area contributed by atoms with Gasteiger partial charge in [0.2, 0.25) is 0 Å². The van der Waals surface area contributed by atoms with Gasteiger partial charge in [-0.2, -0.15) is 0 Å². The lowest BCUT2D eigenvalue weighted by Crippen LogP contribution is -2.20. The van der Waals surface area contributed by atoms with Gasteiger partial charge in [-0.05, 0) is 17.7 Å². The second-order valence-corrected chi connectivity index (χ2v) is 4.28. The van der Waals surface area contributed by atoms with Crippen LogP contribution in [0.15, 0.2) is 18.2 Å². The molecule has 0 aliphatic carbocycles. The lowest BCUT2D eigenvalue weighted by atomic mass is 10.0. The number of ether oxygens (including phenoxy) is 1. The standard InChI is InChI=1S/C12H10ClF3O5/c13-4-3-8(17)7-5-6(10(18)11(19)20)1-2-9(7)21-12(14,15)16/h1-2,5,10,18H,3-4H2,(H,19,20). The van der Waals surface area contributed by atoms with Crippen LogP contribution in [0.4, 0.5) is 13.2 Å². The number of Topliss-reactive ketones (excluding diaryl/α,β-unsaturated/α-hetero) is 1. The Balaban J connectivity index is 3.26. The van der Waals surface area contributed by atoms with E-state index in [0.29, 0.717) is 0 Å². The molecule has 0 radical (unpaired) electrons. The normalized spacial score (nSPS) is 12.8. The van der Waals surface area contributed by atoms with Gasteiger partial charge >= 0.3 is 12.3 Å². The number of carboxylic acid groups (broad SMARTS) is 1. The molecule has 1 aromatic carbocycles. The molecule has 0 fully saturated rings. The molecule has 2 N–H and O–H groups in total. The minimum atomic E-state index is -5.01. The Morgan fingerprint density at radius 3 is 2.43 bits per heavy atom. The number of carboxylic acids is 1. The van der Waals surface area contributed by atoms with Crippen LogP contribution in [0.3, 0.4) is 0 Å². The van der Waals surface area contributed by atoms with Crippen LogP contribution in [0.1, 0.15) is 28.4 Å². The second kappa shape index (κ2) is 6.77. The summed E-state index contributed by atoms with van der Waals surface area (Å²) in [7, 11) is 0. The molecule has 1 rings (SSSR count). The molecular weight excluding hydrogens is 317 g/mol. The summed E-state index contributed by atoms with van der Waals surface area (Å²) in [5.41, 5.74) is -0.735. The monoisotopic (exact) mass is 326 g/mol. The Kier molecular flexibility index (Phi) is 5.56. The average molecular weight is 327 g/mol. The molecule has 0 amide bonds. The molecule has 0 saturated carbocycles. The molecular formula is C12H10ClF3O5. The number of carbonyl (C=O) groups excluding carboxylic acids is 1. The lowest BCUT2D eigenvalue weighted by Gasteiger charge is -2.14. The summed E-state index contributed by atoms with van der Waals surface area (Å²) >= 11 is 5.36. The minimum Gasteiger partial charge on any atom is -0.479 e. The van der Waals surface area contributed by atoms with Crippen molar-refractivity contribution in [2.24, 2.45) is 0 Å². The number of ketones is 1. The van der Waals surface area contributed by atoms with Crippen molar-refractivity contribution in [2.45, 2.75) is 18.9 Å². The molecule has 0 aromatic heterocycles. The summed E-state index contributed by atoms with van der Waals surface area (Å²) in [5.74, 6) is -3.27. The van der Waals surface area contributed by atoms with E-state index in [-0.39, 0.29) is 17.9 Å². The molecule has 0 aliphatic heterocycles. The number of aliphatic hydroxyl groups excluding tert-OH is 1. The summed E-state index contributed by atoms with van der Waals surface area (Å²) in [6.07, 6.45) is -7.24. The van der Waals surface area contributed by atoms with Gasteiger partial charge in [-0.15, -0.1) is 24.8 Å². The summed E-state index contributed by atoms with van der Waals surface area (Å²) in [4.78, 5) is 22.4. The molecule has 116 valence electrons. The number of benzene rings is 1. The van der Waals surface area contributed by atoms with E-state index >= 15 is 0 Å². The average Bonchev–Trinajstić information content (AvgIpc) is 2.36. The highest BCUT2D eigenvalue weighted by Crippen LogP contribution is 2.30. The van der Waals surface area contributed by atoms with Gasteiger partial charge in [-0.25, -0.2) is 4.79 Å². The summed E-state index contributed by atoms with van der Waals surface area (Å²) in [6.45, 7) is 0. The van der Waals surface area contributed by atoms with Crippen molar-refractivity contribution < 1.29 is 37.7 Å². The first-order chi connectivity index (χ1) is 9.65. The van der Waals surface area contributed by atoms with E-state index in [9.17, 15) is 27.9 Å². The van der Waals surface area contributed by atoms with E-state index in [1.165, 1.54) is 0 Å². The number of carbonyl (C=O) groups is 2. The van der Waals surface area contributed by atoms with E-state index in [1.54, 1.807) is 0 Å². The van der Waals surface area contributed by atoms with E-state index < -0.39 is 35.5 Å². The van der Waals surface area contributed by atoms with Crippen LogP contribution >= 0.6 is 11.6 Å². The highest BCUT2D eigenvalue weighted by atomic mass is 35.5. The number of rotatable bonds is 6. The first kappa shape index (κ1) is 17.3. The molecule has 0 spiro atoms. The number of halogens is 4. The predicted octanol–water partition coefficient (Wildman–Crippen LogP) is 2.51. The van der Waals surface area contributed by atoms with Crippen LogP contribution in [-0.4, -0.2) is 34.2 Å². The molecule has 1 atom stereocenters. The van der Waals surface area contributed by atoms with Crippen molar-refractivity contribution >= 4 is 23.4 Å². The number of aliphatic hydroxyl groups is 1. The van der Waals surface area contributed by atoms with Gasteiger partial charge in [0.15, 0.2) is 11.9 Å². The van der Waals surface area contributed by atoms with Crippen LogP contribution in [0, 0.1) is 0 Å². The van der Waals surface area contributed by atoms with Crippen molar-refractivity contribution in [1.29, 1.82) is 0 Å². The van der Waals surface area contributed by atoms with Crippen molar-refractivity contribution in [2.75, 3.05) is 5.88 Å². The Labute approximate surface area is 121 Å². The van der Waals surface area contributed by atoms with Gasteiger partial charge in [-0.3, -0.25) is 4.79 Å². The number of alkyl halides is 4. The van der Waals surface area contributed by atoms with Gasteiger partial charge in [0.05, 0.1) is 5.56 Å². The molecule has 0 heterocycles. The highest BCUT2D eigenvalue weighted by molar-refractivity contribution is 6.19. The minimum absolute atomic E-state index is 0.129. The van der Waals surface area contributed by atoms with Gasteiger partial charge in [-0.1, -0.05) is 6.07 Å². The Hall–Kier alpha value is -1.80. The largest absolute Gasteiger partial charge is 0.573 e. The topological polar surface area (TPSA) is 83.8 Å². The summed E-state index contributed by atoms with van der Waals surface area (Å²) in [6, 6.07) is 2.54. The Bertz CT molecular complexity index is 544. The fourth-order valence-corrected chi connectivity index (χ4v) is 1.68. The maximum Gasteiger partial charge on any atom is 0.573 e. The number of hydrogen-bond donors (Lipinski definition) is 2. The number of hydrogen-bond acceptors (Lipinski definition) is 4. The third-order valence-corrected chi connectivity index (χ3v) is 2.59. The third-order valence-electron chi connectivity index (χ3n) is 2.40. The fourth-order valence-electron chi connectivity index (χ4n) is 1.51. The van der Waals surface area contributed by atoms with Crippen LogP contribution in [0.5, 0.6) is 5.75 Å². The zero-order chi connectivity index (χ0) is 16.2. The highest BCUT2D eigenvalue weighted by Gasteiger charge is 2.33. The summed E-state index contributed by atoms with van der Waals surface area (Å²) < 4.78 is 40.5. The second-order valence-electron chi connectivity index (χ2n) is 3.91. The Morgan fingerprint density at radius 2 is 1.95 bits per heavy atom. The molecule has 5 nitrogen and oxygen atoms in total. The predicted molar refractivity (Wildman–Crippen MR) is 65.4 cm³/mol. The first-order valence-corrected chi connectivity index (χ1v) is 6.09. The Morgan fingerprint density at radius 1 is 1.33 bits per heavy atom. The molecule has 0 saturated heterocycles. The van der Waals surface area contributed by atoms with Gasteiger partial charge in [0.25, 0.3) is 0 Å². The third kappa shape index (κ3) is 4.91. The quantitative estimate of drug-likeness (QED) is 0.620. The molecule has 0 aliphatic rings. The fraction of sp³-hybridized carbons (Fsp3) is 0.333. The van der Waals surface area contributed by atoms with Crippen molar-refractivity contribution in [3.63, 3.8) is 0 Å². The van der Waals surface area contributed by atoms with Crippen LogP contribution in [-0.2, 0) is 4.79 Å². The van der Waals surface area contributed by atoms with E-state index in [4.69, 9.17) is 16.7 Å². The van der Waals surface area contributed by atoms with Crippen molar-refractivity contribution in [3.05, 3.63) is 29.3 Å². The zero-order valence-corrected chi connectivity index (χ0v) is 11.1. The summed E-state index contributed by atoms with van der Waals surface area (Å²) in [5, 5.41) is 18.0. The molecule has 1 unspecified atom stereocenters.